The van der Waals surface area contributed by atoms with Crippen LogP contribution in [0.15, 0.2) is 24.3 Å². The molecule has 0 saturated heterocycles. The molecule has 0 aliphatic rings. The third-order valence-electron chi connectivity index (χ3n) is 2.42. The lowest BCUT2D eigenvalue weighted by atomic mass is 10.1. The molecule has 96 valence electrons. The van der Waals surface area contributed by atoms with Crippen LogP contribution in [0.2, 0.25) is 0 Å². The average Bonchev–Trinajstić information content (AvgIpc) is 2.37. The van der Waals surface area contributed by atoms with Crippen LogP contribution >= 0.6 is 12.2 Å². The summed E-state index contributed by atoms with van der Waals surface area (Å²) in [5.74, 6) is -0.566. The molecule has 0 aliphatic carbocycles. The van der Waals surface area contributed by atoms with Gasteiger partial charge in [0, 0.05) is 18.2 Å². The van der Waals surface area contributed by atoms with E-state index in [2.05, 4.69) is 10.6 Å². The van der Waals surface area contributed by atoms with E-state index in [0.717, 1.165) is 0 Å². The fourth-order valence-corrected chi connectivity index (χ4v) is 1.48. The van der Waals surface area contributed by atoms with Gasteiger partial charge < -0.3 is 16.4 Å². The number of amides is 2. The number of benzene rings is 1. The summed E-state index contributed by atoms with van der Waals surface area (Å²) in [6.07, 6.45) is 0. The van der Waals surface area contributed by atoms with Crippen LogP contribution in [-0.2, 0) is 4.79 Å². The Morgan fingerprint density at radius 2 is 1.72 bits per heavy atom. The highest BCUT2D eigenvalue weighted by Crippen LogP contribution is 2.04. The van der Waals surface area contributed by atoms with E-state index in [-0.39, 0.29) is 16.8 Å². The molecule has 1 unspecified atom stereocenters. The van der Waals surface area contributed by atoms with Crippen LogP contribution in [0.4, 0.5) is 0 Å². The lowest BCUT2D eigenvalue weighted by molar-refractivity contribution is -0.122. The highest BCUT2D eigenvalue weighted by molar-refractivity contribution is 7.80. The number of likely N-dealkylation sites (N-methyl/N-ethyl adjacent to an activating group) is 1. The van der Waals surface area contributed by atoms with Gasteiger partial charge in [0.05, 0.1) is 0 Å². The Morgan fingerprint density at radius 1 is 1.22 bits per heavy atom. The monoisotopic (exact) mass is 265 g/mol. The van der Waals surface area contributed by atoms with Crippen molar-refractivity contribution in [2.45, 2.75) is 13.0 Å². The maximum Gasteiger partial charge on any atom is 0.251 e. The predicted molar refractivity (Wildman–Crippen MR) is 73.3 cm³/mol. The molecule has 0 radical (unpaired) electrons. The van der Waals surface area contributed by atoms with Crippen molar-refractivity contribution in [1.82, 2.24) is 10.6 Å². The SMILES string of the molecule is CNC(=O)C(C)NC(=O)c1ccc(C(N)=S)cc1. The first-order chi connectivity index (χ1) is 8.45. The maximum atomic E-state index is 11.8. The lowest BCUT2D eigenvalue weighted by Crippen LogP contribution is -2.43. The van der Waals surface area contributed by atoms with Crippen molar-refractivity contribution in [3.8, 4) is 0 Å². The Bertz CT molecular complexity index is 471. The second-order valence-electron chi connectivity index (χ2n) is 3.75. The normalized spacial score (nSPS) is 11.4. The lowest BCUT2D eigenvalue weighted by Gasteiger charge is -2.12. The summed E-state index contributed by atoms with van der Waals surface area (Å²) in [4.78, 5) is 23.3. The molecule has 4 N–H and O–H groups in total. The van der Waals surface area contributed by atoms with Crippen molar-refractivity contribution in [3.63, 3.8) is 0 Å². The Balaban J connectivity index is 2.73. The number of nitrogens with two attached hydrogens (primary N) is 1. The summed E-state index contributed by atoms with van der Waals surface area (Å²) in [6.45, 7) is 1.61. The Kier molecular flexibility index (Phi) is 4.79. The molecule has 0 aliphatic heterocycles. The number of carbonyl (C=O) groups excluding carboxylic acids is 2. The van der Waals surface area contributed by atoms with Gasteiger partial charge in [-0.3, -0.25) is 9.59 Å². The third-order valence-corrected chi connectivity index (χ3v) is 2.65. The molecule has 0 fully saturated rings. The first-order valence-electron chi connectivity index (χ1n) is 5.38. The summed E-state index contributed by atoms with van der Waals surface area (Å²) in [6, 6.07) is 5.97. The first-order valence-corrected chi connectivity index (χ1v) is 5.79. The van der Waals surface area contributed by atoms with E-state index in [1.807, 2.05) is 0 Å². The summed E-state index contributed by atoms with van der Waals surface area (Å²) in [5.41, 5.74) is 6.60. The van der Waals surface area contributed by atoms with Gasteiger partial charge in [-0.25, -0.2) is 0 Å². The molecule has 0 aromatic heterocycles. The first kappa shape index (κ1) is 14.1. The minimum absolute atomic E-state index is 0.247. The highest BCUT2D eigenvalue weighted by Gasteiger charge is 2.15. The number of nitrogens with one attached hydrogen (secondary N) is 2. The number of hydrogen-bond acceptors (Lipinski definition) is 3. The zero-order chi connectivity index (χ0) is 13.7. The molecule has 1 aromatic rings. The molecule has 1 rings (SSSR count). The van der Waals surface area contributed by atoms with Gasteiger partial charge in [0.25, 0.3) is 5.91 Å². The summed E-state index contributed by atoms with van der Waals surface area (Å²) >= 11 is 4.82. The molecular formula is C12H15N3O2S. The van der Waals surface area contributed by atoms with Crippen LogP contribution in [0.5, 0.6) is 0 Å². The molecule has 6 heteroatoms. The fraction of sp³-hybridized carbons (Fsp3) is 0.250. The smallest absolute Gasteiger partial charge is 0.251 e. The Labute approximate surface area is 111 Å². The third kappa shape index (κ3) is 3.53. The zero-order valence-electron chi connectivity index (χ0n) is 10.2. The van der Waals surface area contributed by atoms with Gasteiger partial charge in [-0.2, -0.15) is 0 Å². The largest absolute Gasteiger partial charge is 0.389 e. The number of hydrogen-bond donors (Lipinski definition) is 3. The number of thiocarbonyl (C=S) groups is 1. The van der Waals surface area contributed by atoms with E-state index >= 15 is 0 Å². The number of carbonyl (C=O) groups is 2. The van der Waals surface area contributed by atoms with E-state index in [1.54, 1.807) is 31.2 Å². The van der Waals surface area contributed by atoms with Gasteiger partial charge >= 0.3 is 0 Å². The van der Waals surface area contributed by atoms with Crippen LogP contribution in [0, 0.1) is 0 Å². The minimum atomic E-state index is -0.585. The molecule has 18 heavy (non-hydrogen) atoms. The molecule has 1 aromatic carbocycles. The molecule has 1 atom stereocenters. The van der Waals surface area contributed by atoms with Crippen LogP contribution in [0.25, 0.3) is 0 Å². The van der Waals surface area contributed by atoms with Gasteiger partial charge in [-0.1, -0.05) is 24.4 Å². The fourth-order valence-electron chi connectivity index (χ4n) is 1.35. The summed E-state index contributed by atoms with van der Waals surface area (Å²) in [5, 5.41) is 5.04. The second kappa shape index (κ2) is 6.11. The summed E-state index contributed by atoms with van der Waals surface area (Å²) in [7, 11) is 1.52. The van der Waals surface area contributed by atoms with E-state index in [4.69, 9.17) is 18.0 Å². The highest BCUT2D eigenvalue weighted by atomic mass is 32.1. The molecule has 2 amide bonds. The van der Waals surface area contributed by atoms with Gasteiger partial charge in [0.2, 0.25) is 5.91 Å². The van der Waals surface area contributed by atoms with Crippen LogP contribution in [0.3, 0.4) is 0 Å². The molecule has 5 nitrogen and oxygen atoms in total. The van der Waals surface area contributed by atoms with Gasteiger partial charge in [-0.05, 0) is 19.1 Å². The van der Waals surface area contributed by atoms with Gasteiger partial charge in [0.15, 0.2) is 0 Å². The standard InChI is InChI=1S/C12H15N3O2S/c1-7(11(16)14-2)15-12(17)9-5-3-8(4-6-9)10(13)18/h3-7H,1-2H3,(H2,13,18)(H,14,16)(H,15,17). The van der Waals surface area contributed by atoms with Gasteiger partial charge in [0.1, 0.15) is 11.0 Å². The van der Waals surface area contributed by atoms with Crippen LogP contribution in [-0.4, -0.2) is 29.9 Å². The molecule has 0 spiro atoms. The molecule has 0 saturated carbocycles. The zero-order valence-corrected chi connectivity index (χ0v) is 11.0. The van der Waals surface area contributed by atoms with E-state index < -0.39 is 6.04 Å². The van der Waals surface area contributed by atoms with Crippen molar-refractivity contribution in [1.29, 1.82) is 0 Å². The number of rotatable bonds is 4. The summed E-state index contributed by atoms with van der Waals surface area (Å²) < 4.78 is 0. The van der Waals surface area contributed by atoms with Crippen molar-refractivity contribution >= 4 is 29.0 Å². The molecular weight excluding hydrogens is 250 g/mol. The quantitative estimate of drug-likeness (QED) is 0.678. The Hall–Kier alpha value is -1.95. The molecule has 0 bridgehead atoms. The average molecular weight is 265 g/mol. The van der Waals surface area contributed by atoms with Crippen molar-refractivity contribution < 1.29 is 9.59 Å². The molecule has 0 heterocycles. The van der Waals surface area contributed by atoms with Gasteiger partial charge in [-0.15, -0.1) is 0 Å². The van der Waals surface area contributed by atoms with E-state index in [0.29, 0.717) is 11.1 Å². The van der Waals surface area contributed by atoms with E-state index in [1.165, 1.54) is 7.05 Å². The van der Waals surface area contributed by atoms with Crippen molar-refractivity contribution in [2.75, 3.05) is 7.05 Å². The van der Waals surface area contributed by atoms with E-state index in [9.17, 15) is 9.59 Å². The Morgan fingerprint density at radius 3 is 2.17 bits per heavy atom. The van der Waals surface area contributed by atoms with Crippen molar-refractivity contribution in [3.05, 3.63) is 35.4 Å². The predicted octanol–water partition coefficient (Wildman–Crippen LogP) is 0.185. The second-order valence-corrected chi connectivity index (χ2v) is 4.19. The topological polar surface area (TPSA) is 84.2 Å². The maximum absolute atomic E-state index is 11.8. The van der Waals surface area contributed by atoms with Crippen LogP contribution < -0.4 is 16.4 Å². The van der Waals surface area contributed by atoms with Crippen LogP contribution in [0.1, 0.15) is 22.8 Å². The van der Waals surface area contributed by atoms with Crippen molar-refractivity contribution in [2.24, 2.45) is 5.73 Å². The minimum Gasteiger partial charge on any atom is -0.389 e.